The van der Waals surface area contributed by atoms with Crippen LogP contribution in [0.25, 0.3) is 0 Å². The Hall–Kier alpha value is -2.82. The van der Waals surface area contributed by atoms with Crippen molar-refractivity contribution >= 4 is 17.6 Å². The molecule has 0 aromatic heterocycles. The smallest absolute Gasteiger partial charge is 0.412 e. The van der Waals surface area contributed by atoms with Gasteiger partial charge in [0.05, 0.1) is 5.69 Å². The van der Waals surface area contributed by atoms with Gasteiger partial charge in [0.1, 0.15) is 12.4 Å². The van der Waals surface area contributed by atoms with Crippen molar-refractivity contribution in [2.45, 2.75) is 20.0 Å². The van der Waals surface area contributed by atoms with Crippen molar-refractivity contribution in [3.63, 3.8) is 0 Å². The summed E-state index contributed by atoms with van der Waals surface area (Å²) in [5.41, 5.74) is 1.44. The molecule has 0 atom stereocenters. The Balaban J connectivity index is 2.00. The number of rotatable bonds is 5. The van der Waals surface area contributed by atoms with Crippen LogP contribution in [0.15, 0.2) is 48.5 Å². The largest absolute Gasteiger partial charge is 0.506 e. The van der Waals surface area contributed by atoms with Crippen molar-refractivity contribution in [3.8, 4) is 5.75 Å². The minimum absolute atomic E-state index is 0.0688. The van der Waals surface area contributed by atoms with E-state index in [1.165, 1.54) is 18.2 Å². The molecule has 0 spiro atoms. The Labute approximate surface area is 128 Å². The van der Waals surface area contributed by atoms with E-state index in [4.69, 9.17) is 4.74 Å². The predicted molar refractivity (Wildman–Crippen MR) is 83.0 cm³/mol. The number of ether oxygens (including phenoxy) is 1. The minimum Gasteiger partial charge on any atom is -0.506 e. The summed E-state index contributed by atoms with van der Waals surface area (Å²) in [4.78, 5) is 23.4. The van der Waals surface area contributed by atoms with Crippen molar-refractivity contribution in [1.29, 1.82) is 0 Å². The van der Waals surface area contributed by atoms with Crippen LogP contribution < -0.4 is 5.32 Å². The maximum atomic E-state index is 11.8. The van der Waals surface area contributed by atoms with Crippen LogP contribution in [0.5, 0.6) is 5.75 Å². The number of benzene rings is 2. The van der Waals surface area contributed by atoms with Gasteiger partial charge in [0, 0.05) is 12.0 Å². The van der Waals surface area contributed by atoms with Crippen LogP contribution in [-0.2, 0) is 11.3 Å². The molecule has 1 amide bonds. The number of carbonyl (C=O) groups excluding carboxylic acids is 2. The molecule has 0 heterocycles. The first-order valence-electron chi connectivity index (χ1n) is 6.94. The van der Waals surface area contributed by atoms with E-state index in [2.05, 4.69) is 5.32 Å². The van der Waals surface area contributed by atoms with E-state index in [0.717, 1.165) is 5.56 Å². The van der Waals surface area contributed by atoms with E-state index >= 15 is 0 Å². The highest BCUT2D eigenvalue weighted by Crippen LogP contribution is 2.25. The Morgan fingerprint density at radius 3 is 2.55 bits per heavy atom. The van der Waals surface area contributed by atoms with Gasteiger partial charge in [0.25, 0.3) is 0 Å². The highest BCUT2D eigenvalue weighted by molar-refractivity contribution is 5.98. The van der Waals surface area contributed by atoms with E-state index < -0.39 is 6.09 Å². The summed E-state index contributed by atoms with van der Waals surface area (Å²) in [7, 11) is 0. The lowest BCUT2D eigenvalue weighted by atomic mass is 10.1. The summed E-state index contributed by atoms with van der Waals surface area (Å²) < 4.78 is 5.07. The Bertz CT molecular complexity index is 668. The van der Waals surface area contributed by atoms with Gasteiger partial charge in [-0.3, -0.25) is 10.1 Å². The molecule has 114 valence electrons. The van der Waals surface area contributed by atoms with Crippen LogP contribution in [0.3, 0.4) is 0 Å². The highest BCUT2D eigenvalue weighted by Gasteiger charge is 2.11. The van der Waals surface area contributed by atoms with Gasteiger partial charge in [0.15, 0.2) is 5.78 Å². The number of amides is 1. The lowest BCUT2D eigenvalue weighted by Crippen LogP contribution is -2.14. The molecule has 5 heteroatoms. The van der Waals surface area contributed by atoms with Crippen molar-refractivity contribution in [1.82, 2.24) is 0 Å². The van der Waals surface area contributed by atoms with Crippen molar-refractivity contribution < 1.29 is 19.4 Å². The Morgan fingerprint density at radius 2 is 1.86 bits per heavy atom. The van der Waals surface area contributed by atoms with Gasteiger partial charge < -0.3 is 9.84 Å². The monoisotopic (exact) mass is 299 g/mol. The second-order valence-electron chi connectivity index (χ2n) is 4.70. The van der Waals surface area contributed by atoms with E-state index in [1.54, 1.807) is 6.92 Å². The van der Waals surface area contributed by atoms with Crippen molar-refractivity contribution in [3.05, 3.63) is 59.7 Å². The van der Waals surface area contributed by atoms with Gasteiger partial charge in [-0.1, -0.05) is 37.3 Å². The molecule has 0 bridgehead atoms. The maximum Gasteiger partial charge on any atom is 0.412 e. The van der Waals surface area contributed by atoms with E-state index in [1.807, 2.05) is 30.3 Å². The van der Waals surface area contributed by atoms with Gasteiger partial charge in [0.2, 0.25) is 0 Å². The van der Waals surface area contributed by atoms with Crippen molar-refractivity contribution in [2.24, 2.45) is 0 Å². The molecule has 0 aliphatic rings. The van der Waals surface area contributed by atoms with Crippen LogP contribution in [0.2, 0.25) is 0 Å². The number of Topliss-reactive ketones (excluding diaryl/α,β-unsaturated/α-hetero) is 1. The number of phenols is 1. The fourth-order valence-electron chi connectivity index (χ4n) is 1.88. The summed E-state index contributed by atoms with van der Waals surface area (Å²) in [5, 5.41) is 12.2. The standard InChI is InChI=1S/C17H17NO4/c1-2-15(19)13-8-9-16(20)14(10-13)18-17(21)22-11-12-6-4-3-5-7-12/h3-10,20H,2,11H2,1H3,(H,18,21). The number of nitrogens with one attached hydrogen (secondary N) is 1. The third kappa shape index (κ3) is 4.09. The lowest BCUT2D eigenvalue weighted by molar-refractivity contribution is 0.0988. The average molecular weight is 299 g/mol. The molecule has 2 aromatic rings. The molecule has 2 rings (SSSR count). The molecule has 2 N–H and O–H groups in total. The molecule has 2 aromatic carbocycles. The Morgan fingerprint density at radius 1 is 1.14 bits per heavy atom. The molecule has 0 aliphatic heterocycles. The van der Waals surface area contributed by atoms with Crippen molar-refractivity contribution in [2.75, 3.05) is 5.32 Å². The number of aromatic hydroxyl groups is 1. The van der Waals surface area contributed by atoms with Gasteiger partial charge in [-0.05, 0) is 23.8 Å². The van der Waals surface area contributed by atoms with Crippen LogP contribution in [0.4, 0.5) is 10.5 Å². The summed E-state index contributed by atoms with van der Waals surface area (Å²) in [6.45, 7) is 1.87. The van der Waals surface area contributed by atoms with Gasteiger partial charge in [-0.15, -0.1) is 0 Å². The Kier molecular flexibility index (Phi) is 5.14. The molecule has 0 radical (unpaired) electrons. The quantitative estimate of drug-likeness (QED) is 0.651. The summed E-state index contributed by atoms with van der Waals surface area (Å²) >= 11 is 0. The number of anilines is 1. The fraction of sp³-hybridized carbons (Fsp3) is 0.176. The van der Waals surface area contributed by atoms with E-state index in [-0.39, 0.29) is 23.8 Å². The number of ketones is 1. The summed E-state index contributed by atoms with van der Waals surface area (Å²) in [6, 6.07) is 13.6. The first-order chi connectivity index (χ1) is 10.6. The maximum absolute atomic E-state index is 11.8. The summed E-state index contributed by atoms with van der Waals surface area (Å²) in [6.07, 6.45) is -0.344. The lowest BCUT2D eigenvalue weighted by Gasteiger charge is -2.09. The van der Waals surface area contributed by atoms with Crippen LogP contribution in [0.1, 0.15) is 29.3 Å². The van der Waals surface area contributed by atoms with Crippen LogP contribution in [0, 0.1) is 0 Å². The number of hydrogen-bond acceptors (Lipinski definition) is 4. The van der Waals surface area contributed by atoms with Crippen LogP contribution in [-0.4, -0.2) is 17.0 Å². The molecule has 0 fully saturated rings. The van der Waals surface area contributed by atoms with E-state index in [0.29, 0.717) is 12.0 Å². The molecule has 0 aliphatic carbocycles. The average Bonchev–Trinajstić information content (AvgIpc) is 2.55. The molecular weight excluding hydrogens is 282 g/mol. The SMILES string of the molecule is CCC(=O)c1ccc(O)c(NC(=O)OCc2ccccc2)c1. The minimum atomic E-state index is -0.694. The third-order valence-electron chi connectivity index (χ3n) is 3.09. The molecule has 5 nitrogen and oxygen atoms in total. The van der Waals surface area contributed by atoms with Gasteiger partial charge in [-0.25, -0.2) is 4.79 Å². The second kappa shape index (κ2) is 7.26. The predicted octanol–water partition coefficient (Wildman–Crippen LogP) is 3.73. The zero-order valence-corrected chi connectivity index (χ0v) is 12.2. The molecule has 0 saturated carbocycles. The number of hydrogen-bond donors (Lipinski definition) is 2. The fourth-order valence-corrected chi connectivity index (χ4v) is 1.88. The van der Waals surface area contributed by atoms with Gasteiger partial charge >= 0.3 is 6.09 Å². The topological polar surface area (TPSA) is 75.6 Å². The first-order valence-corrected chi connectivity index (χ1v) is 6.94. The number of phenolic OH excluding ortho intramolecular Hbond substituents is 1. The third-order valence-corrected chi connectivity index (χ3v) is 3.09. The molecule has 0 unspecified atom stereocenters. The molecule has 22 heavy (non-hydrogen) atoms. The molecule has 0 saturated heterocycles. The first kappa shape index (κ1) is 15.6. The zero-order chi connectivity index (χ0) is 15.9. The van der Waals surface area contributed by atoms with E-state index in [9.17, 15) is 14.7 Å². The summed E-state index contributed by atoms with van der Waals surface area (Å²) in [5.74, 6) is -0.190. The second-order valence-corrected chi connectivity index (χ2v) is 4.70. The number of carbonyl (C=O) groups is 2. The normalized spacial score (nSPS) is 10.0. The zero-order valence-electron chi connectivity index (χ0n) is 12.2. The highest BCUT2D eigenvalue weighted by atomic mass is 16.5. The molecular formula is C17H17NO4. The van der Waals surface area contributed by atoms with Crippen LogP contribution >= 0.6 is 0 Å². The van der Waals surface area contributed by atoms with Gasteiger partial charge in [-0.2, -0.15) is 0 Å².